The van der Waals surface area contributed by atoms with Gasteiger partial charge in [-0.2, -0.15) is 0 Å². The Kier molecular flexibility index (Phi) is 3.62. The van der Waals surface area contributed by atoms with Gasteiger partial charge in [-0.1, -0.05) is 0 Å². The maximum atomic E-state index is 10.5. The molecule has 2 heterocycles. The molecule has 0 aliphatic heterocycles. The van der Waals surface area contributed by atoms with Gasteiger partial charge in [0.1, 0.15) is 11.2 Å². The molecule has 0 aliphatic rings. The first-order chi connectivity index (χ1) is 9.06. The van der Waals surface area contributed by atoms with Crippen LogP contribution in [0.3, 0.4) is 0 Å². The fraction of sp³-hybridized carbons (Fsp3) is 0. The third kappa shape index (κ3) is 3.19. The van der Waals surface area contributed by atoms with E-state index in [9.17, 15) is 14.9 Å². The summed E-state index contributed by atoms with van der Waals surface area (Å²) in [5.74, 6) is -1.05. The zero-order valence-corrected chi connectivity index (χ0v) is 10.2. The van der Waals surface area contributed by atoms with Gasteiger partial charge in [0, 0.05) is 18.3 Å². The van der Waals surface area contributed by atoms with Gasteiger partial charge in [-0.3, -0.25) is 10.1 Å². The number of rotatable bonds is 4. The van der Waals surface area contributed by atoms with Crippen molar-refractivity contribution < 1.29 is 14.8 Å². The molecule has 0 saturated heterocycles. The molecule has 96 valence electrons. The number of carboxylic acids is 1. The Labute approximate surface area is 111 Å². The molecule has 0 unspecified atom stereocenters. The van der Waals surface area contributed by atoms with Crippen LogP contribution in [0.4, 0.5) is 5.69 Å². The molecule has 2 aromatic heterocycles. The van der Waals surface area contributed by atoms with Crippen LogP contribution in [0.2, 0.25) is 0 Å². The second-order valence-electron chi connectivity index (χ2n) is 3.39. The lowest BCUT2D eigenvalue weighted by atomic mass is 10.3. The second kappa shape index (κ2) is 5.36. The molecule has 0 atom stereocenters. The molecule has 0 amide bonds. The van der Waals surface area contributed by atoms with E-state index in [0.717, 1.165) is 6.08 Å². The molecule has 19 heavy (non-hydrogen) atoms. The number of aromatic nitrogens is 2. The van der Waals surface area contributed by atoms with Crippen molar-refractivity contribution in [1.29, 1.82) is 0 Å². The summed E-state index contributed by atoms with van der Waals surface area (Å²) < 4.78 is 0. The van der Waals surface area contributed by atoms with Gasteiger partial charge in [-0.05, 0) is 12.1 Å². The first-order valence-corrected chi connectivity index (χ1v) is 5.85. The van der Waals surface area contributed by atoms with E-state index in [-0.39, 0.29) is 5.69 Å². The Morgan fingerprint density at radius 1 is 1.37 bits per heavy atom. The highest BCUT2D eigenvalue weighted by Gasteiger charge is 2.08. The van der Waals surface area contributed by atoms with Gasteiger partial charge in [0.2, 0.25) is 0 Å². The van der Waals surface area contributed by atoms with Crippen LogP contribution >= 0.6 is 11.3 Å². The Hall–Kier alpha value is -2.61. The van der Waals surface area contributed by atoms with Crippen LogP contribution in [-0.4, -0.2) is 26.0 Å². The van der Waals surface area contributed by atoms with Crippen LogP contribution in [0.25, 0.3) is 16.6 Å². The number of nitro groups is 1. The van der Waals surface area contributed by atoms with E-state index in [4.69, 9.17) is 5.11 Å². The molecule has 0 aliphatic carbocycles. The van der Waals surface area contributed by atoms with Crippen LogP contribution in [0.15, 0.2) is 30.6 Å². The Morgan fingerprint density at radius 3 is 2.74 bits per heavy atom. The van der Waals surface area contributed by atoms with Crippen LogP contribution < -0.4 is 0 Å². The van der Waals surface area contributed by atoms with E-state index < -0.39 is 10.9 Å². The summed E-state index contributed by atoms with van der Waals surface area (Å²) in [4.78, 5) is 29.0. The number of carbonyl (C=O) groups is 1. The van der Waals surface area contributed by atoms with Crippen molar-refractivity contribution in [2.75, 3.05) is 0 Å². The van der Waals surface area contributed by atoms with Crippen molar-refractivity contribution in [2.45, 2.75) is 0 Å². The molecule has 0 saturated carbocycles. The monoisotopic (exact) mass is 277 g/mol. The molecule has 7 nitrogen and oxygen atoms in total. The molecular weight excluding hydrogens is 270 g/mol. The summed E-state index contributed by atoms with van der Waals surface area (Å²) in [7, 11) is 0. The number of pyridine rings is 1. The van der Waals surface area contributed by atoms with E-state index in [1.165, 1.54) is 35.7 Å². The number of aliphatic carboxylic acids is 1. The predicted molar refractivity (Wildman–Crippen MR) is 68.7 cm³/mol. The lowest BCUT2D eigenvalue weighted by Crippen LogP contribution is -1.89. The summed E-state index contributed by atoms with van der Waals surface area (Å²) in [6.07, 6.45) is 5.08. The summed E-state index contributed by atoms with van der Waals surface area (Å²) in [6, 6.07) is 2.88. The highest BCUT2D eigenvalue weighted by Crippen LogP contribution is 2.26. The number of hydrogen-bond acceptors (Lipinski definition) is 6. The van der Waals surface area contributed by atoms with Crippen molar-refractivity contribution in [3.8, 4) is 10.6 Å². The predicted octanol–water partition coefficient (Wildman–Crippen LogP) is 2.21. The SMILES string of the molecule is O=C(O)/C=C/c1ncc(-c2ccc([N+](=O)[O-])cn2)s1. The quantitative estimate of drug-likeness (QED) is 0.521. The summed E-state index contributed by atoms with van der Waals surface area (Å²) in [5.41, 5.74) is 0.470. The molecule has 0 spiro atoms. The fourth-order valence-corrected chi connectivity index (χ4v) is 2.06. The van der Waals surface area contributed by atoms with Gasteiger partial charge >= 0.3 is 5.97 Å². The highest BCUT2D eigenvalue weighted by atomic mass is 32.1. The van der Waals surface area contributed by atoms with Crippen molar-refractivity contribution in [3.63, 3.8) is 0 Å². The maximum absolute atomic E-state index is 10.5. The molecule has 0 aromatic carbocycles. The smallest absolute Gasteiger partial charge is 0.328 e. The van der Waals surface area contributed by atoms with Gasteiger partial charge in [-0.15, -0.1) is 11.3 Å². The lowest BCUT2D eigenvalue weighted by molar-refractivity contribution is -0.385. The minimum absolute atomic E-state index is 0.0840. The molecule has 1 N–H and O–H groups in total. The Bertz CT molecular complexity index is 648. The van der Waals surface area contributed by atoms with Crippen molar-refractivity contribution in [2.24, 2.45) is 0 Å². The van der Waals surface area contributed by atoms with Crippen molar-refractivity contribution >= 4 is 29.1 Å². The van der Waals surface area contributed by atoms with Crippen LogP contribution in [0, 0.1) is 10.1 Å². The summed E-state index contributed by atoms with van der Waals surface area (Å²) in [5, 5.41) is 19.5. The highest BCUT2D eigenvalue weighted by molar-refractivity contribution is 7.15. The Morgan fingerprint density at radius 2 is 2.16 bits per heavy atom. The normalized spacial score (nSPS) is 10.7. The minimum atomic E-state index is -1.05. The van der Waals surface area contributed by atoms with Gasteiger partial charge in [-0.25, -0.2) is 14.8 Å². The largest absolute Gasteiger partial charge is 0.478 e. The van der Waals surface area contributed by atoms with E-state index in [2.05, 4.69) is 9.97 Å². The molecular formula is C11H7N3O4S. The molecule has 8 heteroatoms. The Balaban J connectivity index is 2.23. The third-order valence-corrected chi connectivity index (χ3v) is 3.09. The number of thiazole rings is 1. The zero-order chi connectivity index (χ0) is 13.8. The van der Waals surface area contributed by atoms with E-state index in [1.54, 1.807) is 6.20 Å². The average molecular weight is 277 g/mol. The average Bonchev–Trinajstić information content (AvgIpc) is 2.85. The van der Waals surface area contributed by atoms with E-state index >= 15 is 0 Å². The molecule has 0 radical (unpaired) electrons. The van der Waals surface area contributed by atoms with Crippen LogP contribution in [0.1, 0.15) is 5.01 Å². The lowest BCUT2D eigenvalue weighted by Gasteiger charge is -1.94. The zero-order valence-electron chi connectivity index (χ0n) is 9.39. The number of hydrogen-bond donors (Lipinski definition) is 1. The fourth-order valence-electron chi connectivity index (χ4n) is 1.27. The van der Waals surface area contributed by atoms with Crippen LogP contribution in [0.5, 0.6) is 0 Å². The molecule has 2 aromatic rings. The topological polar surface area (TPSA) is 106 Å². The maximum Gasteiger partial charge on any atom is 0.328 e. The molecule has 0 bridgehead atoms. The van der Waals surface area contributed by atoms with Crippen molar-refractivity contribution in [1.82, 2.24) is 9.97 Å². The second-order valence-corrected chi connectivity index (χ2v) is 4.46. The summed E-state index contributed by atoms with van der Waals surface area (Å²) >= 11 is 1.25. The van der Waals surface area contributed by atoms with Gasteiger partial charge in [0.15, 0.2) is 0 Å². The first-order valence-electron chi connectivity index (χ1n) is 5.04. The van der Waals surface area contributed by atoms with Gasteiger partial charge in [0.25, 0.3) is 5.69 Å². The minimum Gasteiger partial charge on any atom is -0.478 e. The van der Waals surface area contributed by atoms with Gasteiger partial charge < -0.3 is 5.11 Å². The van der Waals surface area contributed by atoms with E-state index in [0.29, 0.717) is 15.6 Å². The van der Waals surface area contributed by atoms with E-state index in [1.807, 2.05) is 0 Å². The number of carboxylic acid groups (broad SMARTS) is 1. The summed E-state index contributed by atoms with van der Waals surface area (Å²) in [6.45, 7) is 0. The number of nitrogens with zero attached hydrogens (tertiary/aromatic N) is 3. The molecule has 0 fully saturated rings. The van der Waals surface area contributed by atoms with Crippen LogP contribution in [-0.2, 0) is 4.79 Å². The molecule has 2 rings (SSSR count). The first kappa shape index (κ1) is 12.8. The third-order valence-electron chi connectivity index (χ3n) is 2.10. The van der Waals surface area contributed by atoms with Gasteiger partial charge in [0.05, 0.1) is 15.5 Å². The standard InChI is InChI=1S/C11H7N3O4S/c15-11(16)4-3-10-13-6-9(19-10)8-2-1-7(5-12-8)14(17)18/h1-6H,(H,15,16)/b4-3+. The van der Waals surface area contributed by atoms with Crippen molar-refractivity contribution in [3.05, 3.63) is 45.7 Å².